The summed E-state index contributed by atoms with van der Waals surface area (Å²) in [4.78, 5) is 48.4. The van der Waals surface area contributed by atoms with Crippen LogP contribution >= 0.6 is 54.0 Å². The maximum absolute atomic E-state index is 12.6. The van der Waals surface area contributed by atoms with Crippen LogP contribution in [-0.4, -0.2) is 80.5 Å². The van der Waals surface area contributed by atoms with E-state index in [1.165, 1.54) is 19.2 Å². The van der Waals surface area contributed by atoms with Crippen molar-refractivity contribution < 1.29 is 57.0 Å². The van der Waals surface area contributed by atoms with Crippen LogP contribution in [0.1, 0.15) is 15.9 Å². The third-order valence-electron chi connectivity index (χ3n) is 4.60. The van der Waals surface area contributed by atoms with E-state index in [1.807, 2.05) is 5.32 Å². The van der Waals surface area contributed by atoms with Crippen molar-refractivity contribution in [2.24, 2.45) is 0 Å². The highest BCUT2D eigenvalue weighted by Gasteiger charge is 2.33. The van der Waals surface area contributed by atoms with E-state index in [2.05, 4.69) is 23.9 Å². The number of alkyl halides is 3. The topological polar surface area (TPSA) is 243 Å². The number of aromatic nitrogens is 2. The molecule has 2 aromatic carbocycles. The molecule has 15 nitrogen and oxygen atoms in total. The molecule has 268 valence electrons. The molecule has 1 atom stereocenters. The van der Waals surface area contributed by atoms with Crippen molar-refractivity contribution in [3.8, 4) is 11.4 Å². The second-order valence-electron chi connectivity index (χ2n) is 8.95. The van der Waals surface area contributed by atoms with E-state index in [9.17, 15) is 42.3 Å². The zero-order chi connectivity index (χ0) is 37.7. The van der Waals surface area contributed by atoms with Crippen LogP contribution in [0.5, 0.6) is 5.75 Å². The van der Waals surface area contributed by atoms with Gasteiger partial charge in [0.2, 0.25) is 5.82 Å². The van der Waals surface area contributed by atoms with Crippen molar-refractivity contribution in [3.05, 3.63) is 71.8 Å². The number of hydrogen-bond donors (Lipinski definition) is 5. The average molecular weight is 807 g/mol. The van der Waals surface area contributed by atoms with Gasteiger partial charge in [0, 0.05) is 0 Å². The molecule has 0 aliphatic heterocycles. The molecule has 24 heteroatoms. The number of nitro groups is 1. The summed E-state index contributed by atoms with van der Waals surface area (Å²) in [5.41, 5.74) is 3.67. The molecule has 0 radical (unpaired) electrons. The summed E-state index contributed by atoms with van der Waals surface area (Å²) in [5.74, 6) is -2.65. The normalized spacial score (nSPS) is 11.9. The molecule has 0 amide bonds. The molecule has 0 aliphatic carbocycles. The van der Waals surface area contributed by atoms with Crippen molar-refractivity contribution >= 4 is 88.3 Å². The lowest BCUT2D eigenvalue weighted by Crippen LogP contribution is -2.25. The van der Waals surface area contributed by atoms with Crippen LogP contribution in [0, 0.1) is 10.1 Å². The van der Waals surface area contributed by atoms with Crippen molar-refractivity contribution in [1.29, 1.82) is 0 Å². The quantitative estimate of drug-likeness (QED) is 0.0868. The number of carbonyl (C=O) groups is 2. The smallest absolute Gasteiger partial charge is 0.416 e. The summed E-state index contributed by atoms with van der Waals surface area (Å²) < 4.78 is 53.4. The Morgan fingerprint density at radius 1 is 1.10 bits per heavy atom. The summed E-state index contributed by atoms with van der Waals surface area (Å²) >= 11 is 22.9. The first-order chi connectivity index (χ1) is 21.8. The van der Waals surface area contributed by atoms with Crippen LogP contribution in [0.3, 0.4) is 0 Å². The van der Waals surface area contributed by atoms with E-state index < -0.39 is 60.5 Å². The lowest BCUT2D eigenvalue weighted by atomic mass is 10.2. The predicted octanol–water partition coefficient (Wildman–Crippen LogP) is 5.05. The van der Waals surface area contributed by atoms with Crippen molar-refractivity contribution in [2.45, 2.75) is 6.18 Å². The molecule has 0 saturated heterocycles. The van der Waals surface area contributed by atoms with Crippen LogP contribution in [0.2, 0.25) is 20.1 Å². The second-order valence-corrected chi connectivity index (χ2v) is 14.6. The third kappa shape index (κ3) is 15.5. The van der Waals surface area contributed by atoms with Gasteiger partial charge in [0.1, 0.15) is 25.0 Å². The van der Waals surface area contributed by atoms with Gasteiger partial charge in [-0.25, -0.2) is 9.48 Å². The van der Waals surface area contributed by atoms with Gasteiger partial charge in [-0.15, -0.1) is 0 Å². The Bertz CT molecular complexity index is 1620. The third-order valence-corrected chi connectivity index (χ3v) is 6.42. The van der Waals surface area contributed by atoms with Gasteiger partial charge in [-0.1, -0.05) is 46.4 Å². The summed E-state index contributed by atoms with van der Waals surface area (Å²) in [5, 5.41) is 32.6. The minimum atomic E-state index is -4.63. The number of aliphatic carboxylic acids is 1. The largest absolute Gasteiger partial charge is 0.778 e. The van der Waals surface area contributed by atoms with Gasteiger partial charge >= 0.3 is 23.8 Å². The summed E-state index contributed by atoms with van der Waals surface area (Å²) in [6, 6.07) is 4.16. The van der Waals surface area contributed by atoms with Crippen LogP contribution in [0.25, 0.3) is 5.69 Å². The number of benzene rings is 2. The number of ether oxygens (including phenoxy) is 1. The molecule has 6 N–H and O–H groups in total. The number of rotatable bonds is 8. The first-order valence-corrected chi connectivity index (χ1v) is 17.8. The fraction of sp³-hybridized carbons (Fsp3) is 0.292. The van der Waals surface area contributed by atoms with Gasteiger partial charge in [-0.05, 0) is 35.2 Å². The number of methoxy groups -OCH3 is 1. The van der Waals surface area contributed by atoms with Gasteiger partial charge in [0.15, 0.2) is 5.75 Å². The number of aromatic carboxylic acids is 1. The SMILES string of the molecule is COc1c(Cl)ccc(Cl)c1C(=O)O.C[S+](C)C.Nc1c([N+](=O)[O-])cnn1-c1c(Cl)cc(C(F)(F)F)cc1Cl.O=C(O)CNCP(=O)([O-])O. The summed E-state index contributed by atoms with van der Waals surface area (Å²) in [7, 11) is -2.37. The number of nitrogen functional groups attached to an aromatic ring is 1. The minimum Gasteiger partial charge on any atom is -0.778 e. The van der Waals surface area contributed by atoms with E-state index in [4.69, 9.17) is 72.0 Å². The monoisotopic (exact) mass is 805 g/mol. The highest BCUT2D eigenvalue weighted by Crippen LogP contribution is 2.39. The first-order valence-electron chi connectivity index (χ1n) is 12.1. The molecule has 0 bridgehead atoms. The zero-order valence-corrected chi connectivity index (χ0v) is 29.7. The van der Waals surface area contributed by atoms with Crippen molar-refractivity contribution in [3.63, 3.8) is 0 Å². The molecule has 3 rings (SSSR count). The van der Waals surface area contributed by atoms with Crippen LogP contribution in [-0.2, 0) is 26.4 Å². The zero-order valence-electron chi connectivity index (χ0n) is 24.9. The Morgan fingerprint density at radius 3 is 1.92 bits per heavy atom. The maximum Gasteiger partial charge on any atom is 0.416 e. The molecule has 0 saturated carbocycles. The molecule has 1 unspecified atom stereocenters. The Balaban J connectivity index is 0.000000701. The molecule has 0 fully saturated rings. The van der Waals surface area contributed by atoms with Crippen molar-refractivity contribution in [1.82, 2.24) is 15.1 Å². The van der Waals surface area contributed by atoms with E-state index in [-0.39, 0.29) is 37.1 Å². The van der Waals surface area contributed by atoms with E-state index in [0.29, 0.717) is 23.0 Å². The van der Waals surface area contributed by atoms with Crippen LogP contribution in [0.4, 0.5) is 24.7 Å². The Morgan fingerprint density at radius 2 is 1.58 bits per heavy atom. The molecular weight excluding hydrogens is 780 g/mol. The highest BCUT2D eigenvalue weighted by atomic mass is 35.5. The number of anilines is 1. The minimum absolute atomic E-state index is 0.0849. The van der Waals surface area contributed by atoms with E-state index >= 15 is 0 Å². The number of carboxylic acids is 2. The number of halogens is 7. The molecule has 3 aromatic rings. The number of carboxylic acid groups (broad SMARTS) is 2. The predicted molar refractivity (Wildman–Crippen MR) is 175 cm³/mol. The fourth-order valence-corrected chi connectivity index (χ4v) is 4.34. The molecule has 0 aliphatic rings. The fourth-order valence-electron chi connectivity index (χ4n) is 2.84. The summed E-state index contributed by atoms with van der Waals surface area (Å²) in [6.45, 7) is -0.479. The molecule has 48 heavy (non-hydrogen) atoms. The Kier molecular flexibility index (Phi) is 18.6. The van der Waals surface area contributed by atoms with Gasteiger partial charge in [0.25, 0.3) is 0 Å². The average Bonchev–Trinajstić information content (AvgIpc) is 3.29. The maximum atomic E-state index is 12.6. The van der Waals surface area contributed by atoms with Gasteiger partial charge in [0.05, 0.1) is 69.3 Å². The number of hydrogen-bond acceptors (Lipinski definition) is 10. The Hall–Kier alpha value is -3.00. The molecule has 0 spiro atoms. The van der Waals surface area contributed by atoms with E-state index in [0.717, 1.165) is 10.9 Å². The molecular formula is C24H27Cl4F3N5O10PS. The number of nitrogens with two attached hydrogens (primary N) is 1. The summed E-state index contributed by atoms with van der Waals surface area (Å²) in [6.07, 6.45) is 2.09. The number of nitrogens with one attached hydrogen (secondary N) is 1. The highest BCUT2D eigenvalue weighted by molar-refractivity contribution is 7.94. The van der Waals surface area contributed by atoms with Crippen LogP contribution in [0.15, 0.2) is 30.5 Å². The first kappa shape index (κ1) is 45.0. The van der Waals surface area contributed by atoms with E-state index in [1.54, 1.807) is 0 Å². The van der Waals surface area contributed by atoms with Crippen LogP contribution < -0.4 is 20.7 Å². The number of nitrogens with zero attached hydrogens (tertiary/aromatic N) is 3. The molecule has 1 aromatic heterocycles. The van der Waals surface area contributed by atoms with Crippen molar-refractivity contribution in [2.75, 3.05) is 44.4 Å². The Labute approximate surface area is 293 Å². The van der Waals surface area contributed by atoms with Gasteiger partial charge in [-0.2, -0.15) is 18.3 Å². The second kappa shape index (κ2) is 19.9. The molecule has 1 heterocycles. The lowest BCUT2D eigenvalue weighted by Gasteiger charge is -2.14. The van der Waals surface area contributed by atoms with Gasteiger partial charge in [-0.3, -0.25) is 20.2 Å². The van der Waals surface area contributed by atoms with Gasteiger partial charge < -0.3 is 35.0 Å². The standard InChI is InChI=1S/C10H5Cl2F3N4O2.C8H6Cl2O3.C3H8NO5P.C3H9S/c11-5-1-4(10(13,14)15)2-6(12)8(5)18-9(16)7(3-17-18)19(20)21;1-13-7-5(10)3-2-4(9)6(7)8(11)12;5-3(6)1-4-2-10(7,8)9;1-4(2)3/h1-3H,16H2;2-3H,1H3,(H,11,12);4H,1-2H2,(H,5,6)(H2,7,8,9);1-3H3/q;;;+1/p-1. The lowest BCUT2D eigenvalue weighted by molar-refractivity contribution is -0.383.